The van der Waals surface area contributed by atoms with E-state index >= 15 is 0 Å². The van der Waals surface area contributed by atoms with Crippen molar-refractivity contribution < 1.29 is 10.0 Å². The van der Waals surface area contributed by atoms with E-state index in [-0.39, 0.29) is 7.69 Å². The molecule has 3 rings (SSSR count). The summed E-state index contributed by atoms with van der Waals surface area (Å²) in [4.78, 5) is 4.26. The molecule has 0 aromatic carbocycles. The molecule has 0 aliphatic heterocycles. The van der Waals surface area contributed by atoms with E-state index < -0.39 is 0 Å². The summed E-state index contributed by atoms with van der Waals surface area (Å²) in [6, 6.07) is 2.10. The monoisotopic (exact) mass is 355 g/mol. The first-order valence-corrected chi connectivity index (χ1v) is 7.74. The minimum absolute atomic E-state index is 0. The van der Waals surface area contributed by atoms with Crippen LogP contribution < -0.4 is 5.73 Å². The largest absolute Gasteiger partial charge is 0.482 e. The Morgan fingerprint density at radius 1 is 1.32 bits per heavy atom. The van der Waals surface area contributed by atoms with Crippen LogP contribution in [0.15, 0.2) is 32.9 Å². The van der Waals surface area contributed by atoms with E-state index in [0.29, 0.717) is 5.82 Å². The van der Waals surface area contributed by atoms with Crippen LogP contribution in [0.4, 0.5) is 5.82 Å². The van der Waals surface area contributed by atoms with Crippen LogP contribution in [0.2, 0.25) is 0 Å². The molecule has 0 spiro atoms. The van der Waals surface area contributed by atoms with Gasteiger partial charge in [-0.2, -0.15) is 11.3 Å². The standard InChI is InChI=1S/C11H7BrN2S2.BH2O2/c12-8-5-16-10-7(6-1-2-15-4-6)3-14-11(13)9(8)10;2-1-3/h1-5H,(H2,13,14);2-3H. The lowest BCUT2D eigenvalue weighted by Gasteiger charge is -2.02. The van der Waals surface area contributed by atoms with Crippen molar-refractivity contribution in [2.45, 2.75) is 0 Å². The molecular weight excluding hydrogens is 347 g/mol. The van der Waals surface area contributed by atoms with Gasteiger partial charge in [0.15, 0.2) is 0 Å². The number of hydrogen-bond acceptors (Lipinski definition) is 6. The molecule has 0 unspecified atom stereocenters. The molecule has 0 fully saturated rings. The van der Waals surface area contributed by atoms with Crippen LogP contribution in [-0.4, -0.2) is 22.7 Å². The number of pyridine rings is 1. The zero-order valence-corrected chi connectivity index (χ0v) is 12.8. The predicted octanol–water partition coefficient (Wildman–Crippen LogP) is 2.87. The van der Waals surface area contributed by atoms with E-state index in [4.69, 9.17) is 15.8 Å². The van der Waals surface area contributed by atoms with Crippen molar-refractivity contribution in [2.24, 2.45) is 0 Å². The number of nitrogens with zero attached hydrogens (tertiary/aromatic N) is 1. The van der Waals surface area contributed by atoms with Gasteiger partial charge >= 0.3 is 7.69 Å². The van der Waals surface area contributed by atoms with Crippen LogP contribution in [0.5, 0.6) is 0 Å². The molecule has 3 heterocycles. The first kappa shape index (κ1) is 14.5. The Labute approximate surface area is 127 Å². The average molecular weight is 356 g/mol. The fourth-order valence-corrected chi connectivity index (χ4v) is 4.09. The topological polar surface area (TPSA) is 79.4 Å². The van der Waals surface area contributed by atoms with Gasteiger partial charge in [0.05, 0.1) is 0 Å². The molecule has 8 heteroatoms. The van der Waals surface area contributed by atoms with Gasteiger partial charge in [-0.15, -0.1) is 11.3 Å². The highest BCUT2D eigenvalue weighted by Gasteiger charge is 2.12. The van der Waals surface area contributed by atoms with E-state index in [1.807, 2.05) is 6.20 Å². The Balaban J connectivity index is 0.000000408. The predicted molar refractivity (Wildman–Crippen MR) is 85.2 cm³/mol. The van der Waals surface area contributed by atoms with Gasteiger partial charge in [-0.05, 0) is 38.3 Å². The third-order valence-electron chi connectivity index (χ3n) is 2.41. The van der Waals surface area contributed by atoms with Gasteiger partial charge in [-0.25, -0.2) is 4.98 Å². The Hall–Kier alpha value is -0.925. The summed E-state index contributed by atoms with van der Waals surface area (Å²) in [6.07, 6.45) is 1.85. The summed E-state index contributed by atoms with van der Waals surface area (Å²) in [7, 11) is 0. The van der Waals surface area contributed by atoms with Crippen LogP contribution in [0.1, 0.15) is 0 Å². The van der Waals surface area contributed by atoms with Crippen molar-refractivity contribution in [3.05, 3.63) is 32.9 Å². The molecule has 0 amide bonds. The normalized spacial score (nSPS) is 10.1. The maximum absolute atomic E-state index is 7.00. The molecule has 3 aromatic heterocycles. The van der Waals surface area contributed by atoms with E-state index in [1.165, 1.54) is 10.3 Å². The van der Waals surface area contributed by atoms with Gasteiger partial charge in [-0.3, -0.25) is 0 Å². The molecule has 0 aliphatic carbocycles. The molecule has 97 valence electrons. The zero-order valence-electron chi connectivity index (χ0n) is 9.58. The number of halogens is 1. The highest BCUT2D eigenvalue weighted by atomic mass is 79.9. The number of fused-ring (bicyclic) bond motifs is 1. The van der Waals surface area contributed by atoms with E-state index in [0.717, 1.165) is 15.4 Å². The SMILES string of the molecule is Nc1ncc(-c2ccsc2)c2scc(Br)c12.O[B]O. The van der Waals surface area contributed by atoms with Gasteiger partial charge in [-0.1, -0.05) is 0 Å². The average Bonchev–Trinajstić information content (AvgIpc) is 3.01. The van der Waals surface area contributed by atoms with Gasteiger partial charge in [0, 0.05) is 31.7 Å². The second-order valence-electron chi connectivity index (χ2n) is 3.47. The van der Waals surface area contributed by atoms with Crippen molar-refractivity contribution in [2.75, 3.05) is 5.73 Å². The highest BCUT2D eigenvalue weighted by molar-refractivity contribution is 9.10. The van der Waals surface area contributed by atoms with Crippen LogP contribution in [0, 0.1) is 0 Å². The van der Waals surface area contributed by atoms with E-state index in [9.17, 15) is 0 Å². The zero-order chi connectivity index (χ0) is 13.8. The Bertz CT molecular complexity index is 673. The number of rotatable bonds is 1. The third kappa shape index (κ3) is 2.98. The number of hydrogen-bond donors (Lipinski definition) is 3. The van der Waals surface area contributed by atoms with Crippen LogP contribution in [0.25, 0.3) is 21.2 Å². The summed E-state index contributed by atoms with van der Waals surface area (Å²) in [5.74, 6) is 0.585. The maximum Gasteiger partial charge on any atom is 0.482 e. The molecule has 0 aliphatic rings. The number of nitrogens with two attached hydrogens (primary N) is 1. The molecule has 4 nitrogen and oxygen atoms in total. The second kappa shape index (κ2) is 6.49. The van der Waals surface area contributed by atoms with Gasteiger partial charge in [0.2, 0.25) is 0 Å². The van der Waals surface area contributed by atoms with Crippen molar-refractivity contribution in [3.8, 4) is 11.1 Å². The Kier molecular flexibility index (Phi) is 4.95. The van der Waals surface area contributed by atoms with Crippen molar-refractivity contribution in [3.63, 3.8) is 0 Å². The third-order valence-corrected chi connectivity index (χ3v) is 5.04. The number of nitrogen functional groups attached to an aromatic ring is 1. The van der Waals surface area contributed by atoms with E-state index in [2.05, 4.69) is 43.1 Å². The smallest absolute Gasteiger partial charge is 0.429 e. The number of aromatic nitrogens is 1. The molecule has 0 saturated carbocycles. The Morgan fingerprint density at radius 2 is 2.05 bits per heavy atom. The molecule has 0 atom stereocenters. The second-order valence-corrected chi connectivity index (χ2v) is 5.99. The Morgan fingerprint density at radius 3 is 2.68 bits per heavy atom. The fourth-order valence-electron chi connectivity index (χ4n) is 1.65. The lowest BCUT2D eigenvalue weighted by atomic mass is 10.1. The fraction of sp³-hybridized carbons (Fsp3) is 0. The molecule has 19 heavy (non-hydrogen) atoms. The molecule has 0 saturated heterocycles. The van der Waals surface area contributed by atoms with Crippen LogP contribution >= 0.6 is 38.6 Å². The van der Waals surface area contributed by atoms with E-state index in [1.54, 1.807) is 22.7 Å². The number of anilines is 1. The van der Waals surface area contributed by atoms with Crippen LogP contribution in [0.3, 0.4) is 0 Å². The van der Waals surface area contributed by atoms with Gasteiger partial charge in [0.25, 0.3) is 0 Å². The lowest BCUT2D eigenvalue weighted by molar-refractivity contribution is 0.448. The summed E-state index contributed by atoms with van der Waals surface area (Å²) in [6.45, 7) is 0. The maximum atomic E-state index is 7.00. The summed E-state index contributed by atoms with van der Waals surface area (Å²) < 4.78 is 2.22. The van der Waals surface area contributed by atoms with Crippen LogP contribution in [-0.2, 0) is 0 Å². The van der Waals surface area contributed by atoms with Crippen molar-refractivity contribution in [1.29, 1.82) is 0 Å². The summed E-state index contributed by atoms with van der Waals surface area (Å²) in [5, 5.41) is 21.3. The van der Waals surface area contributed by atoms with Crippen molar-refractivity contribution in [1.82, 2.24) is 4.98 Å². The van der Waals surface area contributed by atoms with Crippen molar-refractivity contribution >= 4 is 62.2 Å². The quantitative estimate of drug-likeness (QED) is 0.586. The number of thiophene rings is 2. The first-order valence-electron chi connectivity index (χ1n) is 5.13. The highest BCUT2D eigenvalue weighted by Crippen LogP contribution is 2.39. The van der Waals surface area contributed by atoms with Gasteiger partial charge in [0.1, 0.15) is 5.82 Å². The van der Waals surface area contributed by atoms with Gasteiger partial charge < -0.3 is 15.8 Å². The summed E-state index contributed by atoms with van der Waals surface area (Å²) in [5.41, 5.74) is 8.25. The first-order chi connectivity index (χ1) is 9.19. The molecule has 0 bridgehead atoms. The summed E-state index contributed by atoms with van der Waals surface area (Å²) >= 11 is 6.89. The lowest BCUT2D eigenvalue weighted by Crippen LogP contribution is -1.91. The molecular formula is C11H9BBrN2O2S2. The molecule has 4 N–H and O–H groups in total. The molecule has 3 aromatic rings. The minimum atomic E-state index is 0. The minimum Gasteiger partial charge on any atom is -0.429 e. The molecule has 1 radical (unpaired) electrons.